The van der Waals surface area contributed by atoms with E-state index in [0.717, 1.165) is 35.8 Å². The van der Waals surface area contributed by atoms with Gasteiger partial charge in [-0.1, -0.05) is 31.1 Å². The highest BCUT2D eigenvalue weighted by molar-refractivity contribution is 8.01. The molecule has 29 heavy (non-hydrogen) atoms. The Bertz CT molecular complexity index is 668. The molecule has 0 atom stereocenters. The van der Waals surface area contributed by atoms with Crippen molar-refractivity contribution in [3.63, 3.8) is 0 Å². The number of aromatic nitrogens is 1. The molecule has 2 aliphatic carbocycles. The lowest BCUT2D eigenvalue weighted by Crippen LogP contribution is -2.49. The molecule has 0 radical (unpaired) electrons. The fourth-order valence-electron chi connectivity index (χ4n) is 4.34. The fraction of sp³-hybridized carbons (Fsp3) is 0.762. The summed E-state index contributed by atoms with van der Waals surface area (Å²) in [6.45, 7) is 4.54. The molecule has 0 unspecified atom stereocenters. The van der Waals surface area contributed by atoms with Crippen LogP contribution in [0.5, 0.6) is 0 Å². The van der Waals surface area contributed by atoms with Crippen LogP contribution in [0.1, 0.15) is 71.6 Å². The first-order valence-electron chi connectivity index (χ1n) is 10.9. The minimum Gasteiger partial charge on any atom is -0.466 e. The predicted molar refractivity (Wildman–Crippen MR) is 119 cm³/mol. The van der Waals surface area contributed by atoms with E-state index in [1.54, 1.807) is 18.0 Å². The molecule has 2 saturated carbocycles. The van der Waals surface area contributed by atoms with Gasteiger partial charge in [-0.2, -0.15) is 0 Å². The predicted octanol–water partition coefficient (Wildman–Crippen LogP) is 5.54. The van der Waals surface area contributed by atoms with Gasteiger partial charge in [-0.15, -0.1) is 11.8 Å². The van der Waals surface area contributed by atoms with Crippen LogP contribution in [0.2, 0.25) is 0 Å². The third-order valence-electron chi connectivity index (χ3n) is 5.89. The number of rotatable bonds is 8. The number of urea groups is 1. The van der Waals surface area contributed by atoms with Crippen LogP contribution in [0.15, 0.2) is 10.4 Å². The molecule has 0 aliphatic heterocycles. The molecule has 0 saturated heterocycles. The van der Waals surface area contributed by atoms with E-state index in [-0.39, 0.29) is 12.0 Å². The molecule has 6 nitrogen and oxygen atoms in total. The number of nitrogens with zero attached hydrogens (tertiary/aromatic N) is 2. The van der Waals surface area contributed by atoms with E-state index in [2.05, 4.69) is 22.1 Å². The van der Waals surface area contributed by atoms with Crippen molar-refractivity contribution in [2.75, 3.05) is 17.7 Å². The lowest BCUT2D eigenvalue weighted by atomic mass is 9.86. The highest BCUT2D eigenvalue weighted by atomic mass is 32.2. The topological polar surface area (TPSA) is 71.5 Å². The van der Waals surface area contributed by atoms with E-state index in [0.29, 0.717) is 36.0 Å². The SMILES string of the molecule is CCOC(=O)CCSc1cnc(NC(=O)N(C2CCCC2)C2CCC(C)CC2)s1. The average molecular weight is 440 g/mol. The summed E-state index contributed by atoms with van der Waals surface area (Å²) in [5, 5.41) is 3.70. The summed E-state index contributed by atoms with van der Waals surface area (Å²) in [5.74, 6) is 1.25. The van der Waals surface area contributed by atoms with Crippen LogP contribution in [0.4, 0.5) is 9.93 Å². The summed E-state index contributed by atoms with van der Waals surface area (Å²) in [6.07, 6.45) is 11.5. The zero-order chi connectivity index (χ0) is 20.6. The standard InChI is InChI=1S/C21H33N3O3S2/c1-3-27-18(25)12-13-28-19-14-22-20(29-19)23-21(26)24(16-6-4-5-7-16)17-10-8-15(2)9-11-17/h14-17H,3-13H2,1-2H3,(H,22,23,26). The van der Waals surface area contributed by atoms with E-state index >= 15 is 0 Å². The second-order valence-electron chi connectivity index (χ2n) is 8.08. The molecule has 0 bridgehead atoms. The Kier molecular flexibility index (Phi) is 8.66. The van der Waals surface area contributed by atoms with Gasteiger partial charge in [0.1, 0.15) is 0 Å². The van der Waals surface area contributed by atoms with Gasteiger partial charge in [0.25, 0.3) is 0 Å². The monoisotopic (exact) mass is 439 g/mol. The Morgan fingerprint density at radius 1 is 1.21 bits per heavy atom. The lowest BCUT2D eigenvalue weighted by molar-refractivity contribution is -0.142. The zero-order valence-electron chi connectivity index (χ0n) is 17.5. The summed E-state index contributed by atoms with van der Waals surface area (Å²) >= 11 is 3.05. The molecular weight excluding hydrogens is 406 g/mol. The second-order valence-corrected chi connectivity index (χ2v) is 10.5. The van der Waals surface area contributed by atoms with Crippen LogP contribution < -0.4 is 5.32 Å². The van der Waals surface area contributed by atoms with E-state index in [4.69, 9.17) is 4.74 Å². The molecule has 1 N–H and O–H groups in total. The van der Waals surface area contributed by atoms with Gasteiger partial charge in [-0.25, -0.2) is 9.78 Å². The van der Waals surface area contributed by atoms with Crippen molar-refractivity contribution in [3.8, 4) is 0 Å². The first-order chi connectivity index (χ1) is 14.1. The van der Waals surface area contributed by atoms with Crippen molar-refractivity contribution in [2.45, 2.75) is 87.9 Å². The van der Waals surface area contributed by atoms with Crippen LogP contribution >= 0.6 is 23.1 Å². The molecule has 2 fully saturated rings. The van der Waals surface area contributed by atoms with Crippen molar-refractivity contribution in [3.05, 3.63) is 6.20 Å². The number of carbonyl (C=O) groups is 2. The molecule has 1 aromatic heterocycles. The summed E-state index contributed by atoms with van der Waals surface area (Å²) < 4.78 is 5.95. The Hall–Kier alpha value is -1.28. The van der Waals surface area contributed by atoms with Gasteiger partial charge < -0.3 is 9.64 Å². The molecule has 2 aliphatic rings. The molecule has 1 aromatic rings. The Labute approximate surface area is 182 Å². The zero-order valence-corrected chi connectivity index (χ0v) is 19.2. The molecule has 0 aromatic carbocycles. The minimum absolute atomic E-state index is 0.00822. The molecule has 2 amide bonds. The molecule has 162 valence electrons. The van der Waals surface area contributed by atoms with Crippen molar-refractivity contribution in [2.24, 2.45) is 5.92 Å². The van der Waals surface area contributed by atoms with Crippen LogP contribution in [0.25, 0.3) is 0 Å². The fourth-order valence-corrected chi connectivity index (χ4v) is 6.20. The maximum Gasteiger partial charge on any atom is 0.324 e. The molecule has 0 spiro atoms. The second kappa shape index (κ2) is 11.2. The van der Waals surface area contributed by atoms with Crippen LogP contribution in [0, 0.1) is 5.92 Å². The highest BCUT2D eigenvalue weighted by Crippen LogP contribution is 2.34. The van der Waals surface area contributed by atoms with Crippen LogP contribution in [-0.2, 0) is 9.53 Å². The number of esters is 1. The highest BCUT2D eigenvalue weighted by Gasteiger charge is 2.34. The van der Waals surface area contributed by atoms with E-state index in [9.17, 15) is 9.59 Å². The van der Waals surface area contributed by atoms with Gasteiger partial charge in [-0.3, -0.25) is 10.1 Å². The van der Waals surface area contributed by atoms with Crippen molar-refractivity contribution in [1.29, 1.82) is 0 Å². The number of thioether (sulfide) groups is 1. The maximum absolute atomic E-state index is 13.2. The van der Waals surface area contributed by atoms with Crippen molar-refractivity contribution < 1.29 is 14.3 Å². The normalized spacial score (nSPS) is 22.4. The first-order valence-corrected chi connectivity index (χ1v) is 12.7. The van der Waals surface area contributed by atoms with Gasteiger partial charge in [-0.05, 0) is 51.4 Å². The number of hydrogen-bond donors (Lipinski definition) is 1. The molecule has 8 heteroatoms. The largest absolute Gasteiger partial charge is 0.466 e. The number of ether oxygens (including phenoxy) is 1. The Morgan fingerprint density at radius 3 is 2.59 bits per heavy atom. The Balaban J connectivity index is 1.55. The molecule has 1 heterocycles. The smallest absolute Gasteiger partial charge is 0.324 e. The third kappa shape index (κ3) is 6.60. The van der Waals surface area contributed by atoms with Crippen molar-refractivity contribution >= 4 is 40.2 Å². The van der Waals surface area contributed by atoms with Crippen molar-refractivity contribution in [1.82, 2.24) is 9.88 Å². The number of thiazole rings is 1. The van der Waals surface area contributed by atoms with Gasteiger partial charge in [0.15, 0.2) is 5.13 Å². The number of nitrogens with one attached hydrogen (secondary N) is 1. The maximum atomic E-state index is 13.2. The number of amides is 2. The number of hydrogen-bond acceptors (Lipinski definition) is 6. The van der Waals surface area contributed by atoms with Gasteiger partial charge in [0.2, 0.25) is 0 Å². The minimum atomic E-state index is -0.174. The van der Waals surface area contributed by atoms with E-state index < -0.39 is 0 Å². The van der Waals surface area contributed by atoms with E-state index in [1.165, 1.54) is 37.0 Å². The van der Waals surface area contributed by atoms with Gasteiger partial charge in [0.05, 0.1) is 23.4 Å². The summed E-state index contributed by atoms with van der Waals surface area (Å²) in [4.78, 5) is 31.1. The van der Waals surface area contributed by atoms with Crippen LogP contribution in [0.3, 0.4) is 0 Å². The van der Waals surface area contributed by atoms with Gasteiger partial charge in [0, 0.05) is 17.8 Å². The summed E-state index contributed by atoms with van der Waals surface area (Å²) in [7, 11) is 0. The number of anilines is 1. The third-order valence-corrected chi connectivity index (χ3v) is 7.99. The van der Waals surface area contributed by atoms with E-state index in [1.807, 2.05) is 6.92 Å². The number of carbonyl (C=O) groups excluding carboxylic acids is 2. The summed E-state index contributed by atoms with van der Waals surface area (Å²) in [5.41, 5.74) is 0. The quantitative estimate of drug-likeness (QED) is 0.425. The van der Waals surface area contributed by atoms with Crippen LogP contribution in [-0.4, -0.2) is 46.3 Å². The summed E-state index contributed by atoms with van der Waals surface area (Å²) in [6, 6.07) is 0.730. The molecular formula is C21H33N3O3S2. The lowest BCUT2D eigenvalue weighted by Gasteiger charge is -2.39. The van der Waals surface area contributed by atoms with Gasteiger partial charge >= 0.3 is 12.0 Å². The average Bonchev–Trinajstić information content (AvgIpc) is 3.36. The Morgan fingerprint density at radius 2 is 1.90 bits per heavy atom. The molecule has 3 rings (SSSR count). The first kappa shape index (κ1) is 22.4.